The molecule has 3 nitrogen and oxygen atoms in total. The Bertz CT molecular complexity index is 359. The van der Waals surface area contributed by atoms with Gasteiger partial charge in [-0.1, -0.05) is 6.92 Å². The number of fused-ring (bicyclic) bond motifs is 1. The highest BCUT2D eigenvalue weighted by molar-refractivity contribution is 5.30. The number of nitrogens with one attached hydrogen (secondary N) is 1. The number of methoxy groups -OCH3 is 1. The molecule has 1 atom stereocenters. The van der Waals surface area contributed by atoms with Crippen LogP contribution in [0.3, 0.4) is 0 Å². The predicted molar refractivity (Wildman–Crippen MR) is 74.9 cm³/mol. The van der Waals surface area contributed by atoms with E-state index in [1.54, 1.807) is 12.7 Å². The lowest BCUT2D eigenvalue weighted by Gasteiger charge is -2.23. The first kappa shape index (κ1) is 13.6. The second-order valence-electron chi connectivity index (χ2n) is 5.22. The summed E-state index contributed by atoms with van der Waals surface area (Å²) in [7, 11) is 1.77. The van der Waals surface area contributed by atoms with Gasteiger partial charge in [0.15, 0.2) is 0 Å². The monoisotopic (exact) mass is 250 g/mol. The standard InChI is InChI=1S/C15H26N2O/c1-3-8-16-15-7-4-6-13-11-17(12-14(13)15)9-5-10-18-2/h11-12,15-16H,3-10H2,1-2H3. The highest BCUT2D eigenvalue weighted by Gasteiger charge is 2.21. The second kappa shape index (κ2) is 6.95. The van der Waals surface area contributed by atoms with Gasteiger partial charge in [-0.05, 0) is 49.8 Å². The van der Waals surface area contributed by atoms with Crippen molar-refractivity contribution < 1.29 is 4.74 Å². The number of ether oxygens (including phenoxy) is 1. The first-order valence-electron chi connectivity index (χ1n) is 7.26. The average Bonchev–Trinajstić information content (AvgIpc) is 2.80. The fourth-order valence-corrected chi connectivity index (χ4v) is 2.80. The molecule has 102 valence electrons. The summed E-state index contributed by atoms with van der Waals surface area (Å²) < 4.78 is 7.46. The van der Waals surface area contributed by atoms with Crippen LogP contribution in [0.25, 0.3) is 0 Å². The van der Waals surface area contributed by atoms with Gasteiger partial charge < -0.3 is 14.6 Å². The molecule has 2 rings (SSSR count). The maximum Gasteiger partial charge on any atom is 0.0479 e. The Balaban J connectivity index is 1.98. The lowest BCUT2D eigenvalue weighted by Crippen LogP contribution is -2.24. The summed E-state index contributed by atoms with van der Waals surface area (Å²) in [6.07, 6.45) is 10.8. The minimum Gasteiger partial charge on any atom is -0.385 e. The van der Waals surface area contributed by atoms with Crippen LogP contribution in [-0.2, 0) is 17.7 Å². The van der Waals surface area contributed by atoms with Gasteiger partial charge in [0.2, 0.25) is 0 Å². The highest BCUT2D eigenvalue weighted by atomic mass is 16.5. The smallest absolute Gasteiger partial charge is 0.0479 e. The van der Waals surface area contributed by atoms with Crippen LogP contribution in [0.2, 0.25) is 0 Å². The largest absolute Gasteiger partial charge is 0.385 e. The molecule has 1 aliphatic carbocycles. The Morgan fingerprint density at radius 3 is 3.11 bits per heavy atom. The van der Waals surface area contributed by atoms with Crippen molar-refractivity contribution in [3.8, 4) is 0 Å². The quantitative estimate of drug-likeness (QED) is 0.753. The van der Waals surface area contributed by atoms with Crippen molar-refractivity contribution in [1.82, 2.24) is 9.88 Å². The van der Waals surface area contributed by atoms with E-state index in [-0.39, 0.29) is 0 Å². The van der Waals surface area contributed by atoms with E-state index in [9.17, 15) is 0 Å². The molecule has 0 spiro atoms. The fourth-order valence-electron chi connectivity index (χ4n) is 2.80. The molecule has 1 heterocycles. The summed E-state index contributed by atoms with van der Waals surface area (Å²) in [5, 5.41) is 3.67. The first-order chi connectivity index (χ1) is 8.85. The summed E-state index contributed by atoms with van der Waals surface area (Å²) in [4.78, 5) is 0. The van der Waals surface area contributed by atoms with E-state index in [4.69, 9.17) is 4.74 Å². The van der Waals surface area contributed by atoms with Gasteiger partial charge in [-0.25, -0.2) is 0 Å². The Kier molecular flexibility index (Phi) is 5.26. The molecule has 0 aliphatic heterocycles. The lowest BCUT2D eigenvalue weighted by atomic mass is 9.91. The zero-order valence-electron chi connectivity index (χ0n) is 11.7. The van der Waals surface area contributed by atoms with Crippen LogP contribution in [0, 0.1) is 0 Å². The van der Waals surface area contributed by atoms with E-state index in [1.807, 2.05) is 0 Å². The van der Waals surface area contributed by atoms with Crippen LogP contribution in [0.4, 0.5) is 0 Å². The molecule has 1 aromatic heterocycles. The molecule has 1 aromatic rings. The van der Waals surface area contributed by atoms with Crippen LogP contribution in [0.5, 0.6) is 0 Å². The number of aryl methyl sites for hydroxylation is 2. The number of rotatable bonds is 7. The van der Waals surface area contributed by atoms with E-state index < -0.39 is 0 Å². The number of hydrogen-bond acceptors (Lipinski definition) is 2. The molecule has 0 bridgehead atoms. The maximum absolute atomic E-state index is 5.11. The minimum atomic E-state index is 0.581. The van der Waals surface area contributed by atoms with Crippen LogP contribution in [0.1, 0.15) is 49.8 Å². The molecule has 0 fully saturated rings. The molecule has 1 N–H and O–H groups in total. The summed E-state index contributed by atoms with van der Waals surface area (Å²) in [6.45, 7) is 5.27. The maximum atomic E-state index is 5.11. The van der Waals surface area contributed by atoms with Gasteiger partial charge in [0.25, 0.3) is 0 Å². The van der Waals surface area contributed by atoms with Crippen molar-refractivity contribution in [2.45, 2.75) is 51.6 Å². The molecule has 0 radical (unpaired) electrons. The van der Waals surface area contributed by atoms with Crippen molar-refractivity contribution in [2.75, 3.05) is 20.3 Å². The van der Waals surface area contributed by atoms with Gasteiger partial charge in [-0.3, -0.25) is 0 Å². The minimum absolute atomic E-state index is 0.581. The molecule has 0 saturated heterocycles. The summed E-state index contributed by atoms with van der Waals surface area (Å²) in [5.41, 5.74) is 3.08. The number of nitrogens with zero attached hydrogens (tertiary/aromatic N) is 1. The Morgan fingerprint density at radius 2 is 2.33 bits per heavy atom. The number of aromatic nitrogens is 1. The number of hydrogen-bond donors (Lipinski definition) is 1. The fraction of sp³-hybridized carbons (Fsp3) is 0.733. The Morgan fingerprint density at radius 1 is 1.44 bits per heavy atom. The Labute approximate surface area is 111 Å². The van der Waals surface area contributed by atoms with Gasteiger partial charge in [-0.15, -0.1) is 0 Å². The van der Waals surface area contributed by atoms with Crippen molar-refractivity contribution in [3.05, 3.63) is 23.5 Å². The second-order valence-corrected chi connectivity index (χ2v) is 5.22. The van der Waals surface area contributed by atoms with Crippen molar-refractivity contribution >= 4 is 0 Å². The lowest BCUT2D eigenvalue weighted by molar-refractivity contribution is 0.190. The van der Waals surface area contributed by atoms with Gasteiger partial charge in [0.05, 0.1) is 0 Å². The molecule has 1 aliphatic rings. The highest BCUT2D eigenvalue weighted by Crippen LogP contribution is 2.30. The molecule has 1 unspecified atom stereocenters. The van der Waals surface area contributed by atoms with Gasteiger partial charge in [-0.2, -0.15) is 0 Å². The van der Waals surface area contributed by atoms with E-state index in [0.717, 1.165) is 26.1 Å². The average molecular weight is 250 g/mol. The zero-order valence-corrected chi connectivity index (χ0v) is 11.7. The van der Waals surface area contributed by atoms with E-state index in [2.05, 4.69) is 29.2 Å². The van der Waals surface area contributed by atoms with Gasteiger partial charge in [0.1, 0.15) is 0 Å². The van der Waals surface area contributed by atoms with Gasteiger partial charge >= 0.3 is 0 Å². The summed E-state index contributed by atoms with van der Waals surface area (Å²) >= 11 is 0. The SMILES string of the molecule is CCCNC1CCCc2cn(CCCOC)cc21. The molecule has 0 amide bonds. The van der Waals surface area contributed by atoms with Crippen molar-refractivity contribution in [3.63, 3.8) is 0 Å². The molecule has 0 saturated carbocycles. The third kappa shape index (κ3) is 3.36. The molecular weight excluding hydrogens is 224 g/mol. The first-order valence-corrected chi connectivity index (χ1v) is 7.26. The zero-order chi connectivity index (χ0) is 12.8. The Hall–Kier alpha value is -0.800. The normalized spacial score (nSPS) is 18.9. The third-order valence-electron chi connectivity index (χ3n) is 3.72. The van der Waals surface area contributed by atoms with E-state index in [1.165, 1.54) is 31.2 Å². The van der Waals surface area contributed by atoms with Crippen LogP contribution >= 0.6 is 0 Å². The third-order valence-corrected chi connectivity index (χ3v) is 3.72. The van der Waals surface area contributed by atoms with Crippen LogP contribution < -0.4 is 5.32 Å². The van der Waals surface area contributed by atoms with E-state index in [0.29, 0.717) is 6.04 Å². The van der Waals surface area contributed by atoms with Crippen molar-refractivity contribution in [2.24, 2.45) is 0 Å². The van der Waals surface area contributed by atoms with Crippen LogP contribution in [0.15, 0.2) is 12.4 Å². The van der Waals surface area contributed by atoms with Crippen molar-refractivity contribution in [1.29, 1.82) is 0 Å². The molecular formula is C15H26N2O. The molecule has 3 heteroatoms. The van der Waals surface area contributed by atoms with Crippen LogP contribution in [-0.4, -0.2) is 24.8 Å². The van der Waals surface area contributed by atoms with E-state index >= 15 is 0 Å². The predicted octanol–water partition coefficient (Wildman–Crippen LogP) is 2.90. The molecule has 0 aromatic carbocycles. The summed E-state index contributed by atoms with van der Waals surface area (Å²) in [6, 6.07) is 0.581. The topological polar surface area (TPSA) is 26.2 Å². The summed E-state index contributed by atoms with van der Waals surface area (Å²) in [5.74, 6) is 0. The molecule has 18 heavy (non-hydrogen) atoms. The van der Waals surface area contributed by atoms with Gasteiger partial charge in [0, 0.05) is 38.7 Å².